The lowest BCUT2D eigenvalue weighted by atomic mass is 10.2. The van der Waals surface area contributed by atoms with Crippen LogP contribution < -0.4 is 0 Å². The number of rotatable bonds is 5. The van der Waals surface area contributed by atoms with E-state index in [4.69, 9.17) is 0 Å². The Morgan fingerprint density at radius 3 is 2.25 bits per heavy atom. The number of benzene rings is 2. The van der Waals surface area contributed by atoms with Gasteiger partial charge in [0.05, 0.1) is 0 Å². The molecule has 0 amide bonds. The number of hydrogen-bond acceptors (Lipinski definition) is 3. The number of thioether (sulfide) groups is 1. The second-order valence-electron chi connectivity index (χ2n) is 5.20. The minimum Gasteiger partial charge on any atom is -0.259 e. The Kier molecular flexibility index (Phi) is 5.05. The van der Waals surface area contributed by atoms with E-state index in [1.807, 2.05) is 13.0 Å². The molecular formula is C18H15F2N3S. The quantitative estimate of drug-likeness (QED) is 0.655. The molecule has 0 aliphatic carbocycles. The van der Waals surface area contributed by atoms with Crippen LogP contribution in [-0.2, 0) is 0 Å². The van der Waals surface area contributed by atoms with E-state index in [2.05, 4.69) is 15.2 Å². The molecule has 1 N–H and O–H groups in total. The maximum atomic E-state index is 13.0. The van der Waals surface area contributed by atoms with Gasteiger partial charge in [-0.3, -0.25) is 5.10 Å². The molecule has 0 aliphatic rings. The van der Waals surface area contributed by atoms with Crippen LogP contribution in [-0.4, -0.2) is 15.2 Å². The first kappa shape index (κ1) is 16.4. The topological polar surface area (TPSA) is 41.6 Å². The highest BCUT2D eigenvalue weighted by Gasteiger charge is 2.11. The van der Waals surface area contributed by atoms with Crippen molar-refractivity contribution in [1.29, 1.82) is 0 Å². The van der Waals surface area contributed by atoms with Gasteiger partial charge in [0.1, 0.15) is 17.5 Å². The predicted molar refractivity (Wildman–Crippen MR) is 92.4 cm³/mol. The van der Waals surface area contributed by atoms with Crippen LogP contribution in [0.2, 0.25) is 0 Å². The van der Waals surface area contributed by atoms with Crippen molar-refractivity contribution < 1.29 is 8.78 Å². The van der Waals surface area contributed by atoms with Gasteiger partial charge in [-0.25, -0.2) is 13.8 Å². The summed E-state index contributed by atoms with van der Waals surface area (Å²) in [6, 6.07) is 12.6. The summed E-state index contributed by atoms with van der Waals surface area (Å²) < 4.78 is 25.8. The molecule has 24 heavy (non-hydrogen) atoms. The fourth-order valence-electron chi connectivity index (χ4n) is 2.09. The van der Waals surface area contributed by atoms with E-state index in [1.54, 1.807) is 30.3 Å². The van der Waals surface area contributed by atoms with Crippen LogP contribution in [0, 0.1) is 11.6 Å². The Labute approximate surface area is 142 Å². The van der Waals surface area contributed by atoms with Gasteiger partial charge in [-0.15, -0.1) is 5.10 Å². The van der Waals surface area contributed by atoms with Crippen LogP contribution in [0.5, 0.6) is 0 Å². The molecule has 3 nitrogen and oxygen atoms in total. The molecule has 1 heterocycles. The Hall–Kier alpha value is -2.47. The summed E-state index contributed by atoms with van der Waals surface area (Å²) in [5.74, 6) is 0.107. The molecule has 0 bridgehead atoms. The van der Waals surface area contributed by atoms with Crippen molar-refractivity contribution in [2.75, 3.05) is 0 Å². The number of halogens is 2. The molecule has 0 spiro atoms. The lowest BCUT2D eigenvalue weighted by Gasteiger charge is -2.08. The van der Waals surface area contributed by atoms with Crippen LogP contribution in [0.25, 0.3) is 12.2 Å². The molecule has 0 aliphatic heterocycles. The zero-order valence-corrected chi connectivity index (χ0v) is 13.7. The Morgan fingerprint density at radius 1 is 0.958 bits per heavy atom. The van der Waals surface area contributed by atoms with Crippen molar-refractivity contribution in [3.05, 3.63) is 77.1 Å². The SMILES string of the molecule is CC(Sc1n[nH]c(/C=C/c2ccc(F)cc2)n1)c1ccc(F)cc1. The molecule has 122 valence electrons. The van der Waals surface area contributed by atoms with Crippen molar-refractivity contribution in [2.24, 2.45) is 0 Å². The number of H-pyrrole nitrogens is 1. The summed E-state index contributed by atoms with van der Waals surface area (Å²) in [4.78, 5) is 4.39. The van der Waals surface area contributed by atoms with Crippen molar-refractivity contribution in [2.45, 2.75) is 17.3 Å². The van der Waals surface area contributed by atoms with Gasteiger partial charge in [-0.1, -0.05) is 42.1 Å². The maximum Gasteiger partial charge on any atom is 0.209 e. The van der Waals surface area contributed by atoms with Gasteiger partial charge in [-0.2, -0.15) is 0 Å². The summed E-state index contributed by atoms with van der Waals surface area (Å²) in [6.45, 7) is 2.02. The molecule has 3 rings (SSSR count). The van der Waals surface area contributed by atoms with Crippen molar-refractivity contribution in [1.82, 2.24) is 15.2 Å². The summed E-state index contributed by atoms with van der Waals surface area (Å²) in [5.41, 5.74) is 1.89. The Morgan fingerprint density at radius 2 is 1.58 bits per heavy atom. The number of nitrogens with one attached hydrogen (secondary N) is 1. The first-order chi connectivity index (χ1) is 11.6. The zero-order valence-electron chi connectivity index (χ0n) is 12.9. The number of aromatic nitrogens is 3. The minimum atomic E-state index is -0.264. The molecule has 0 fully saturated rings. The van der Waals surface area contributed by atoms with Crippen molar-refractivity contribution in [3.8, 4) is 0 Å². The van der Waals surface area contributed by atoms with Crippen LogP contribution in [0.15, 0.2) is 53.7 Å². The van der Waals surface area contributed by atoms with Gasteiger partial charge in [0.25, 0.3) is 0 Å². The van der Waals surface area contributed by atoms with E-state index in [1.165, 1.54) is 36.0 Å². The highest BCUT2D eigenvalue weighted by atomic mass is 32.2. The van der Waals surface area contributed by atoms with E-state index in [-0.39, 0.29) is 16.9 Å². The normalized spacial score (nSPS) is 12.6. The molecule has 1 unspecified atom stereocenters. The molecule has 6 heteroatoms. The first-order valence-corrected chi connectivity index (χ1v) is 8.26. The van der Waals surface area contributed by atoms with E-state index in [0.717, 1.165) is 11.1 Å². The van der Waals surface area contributed by atoms with Crippen LogP contribution >= 0.6 is 11.8 Å². The number of nitrogens with zero attached hydrogens (tertiary/aromatic N) is 2. The third-order valence-electron chi connectivity index (χ3n) is 3.41. The Balaban J connectivity index is 1.64. The molecule has 2 aromatic carbocycles. The monoisotopic (exact) mass is 343 g/mol. The lowest BCUT2D eigenvalue weighted by molar-refractivity contribution is 0.627. The van der Waals surface area contributed by atoms with Gasteiger partial charge >= 0.3 is 0 Å². The molecule has 3 aromatic rings. The van der Waals surface area contributed by atoms with Crippen molar-refractivity contribution >= 4 is 23.9 Å². The fourth-order valence-corrected chi connectivity index (χ4v) is 2.95. The summed E-state index contributed by atoms with van der Waals surface area (Å²) >= 11 is 1.49. The summed E-state index contributed by atoms with van der Waals surface area (Å²) in [7, 11) is 0. The van der Waals surface area contributed by atoms with E-state index >= 15 is 0 Å². The van der Waals surface area contributed by atoms with Crippen LogP contribution in [0.1, 0.15) is 29.1 Å². The highest BCUT2D eigenvalue weighted by molar-refractivity contribution is 7.99. The third kappa shape index (κ3) is 4.29. The van der Waals surface area contributed by atoms with Crippen LogP contribution in [0.4, 0.5) is 8.78 Å². The molecule has 0 saturated heterocycles. The highest BCUT2D eigenvalue weighted by Crippen LogP contribution is 2.32. The average molecular weight is 343 g/mol. The largest absolute Gasteiger partial charge is 0.259 e. The maximum absolute atomic E-state index is 13.0. The standard InChI is InChI=1S/C18H15F2N3S/c1-12(14-5-9-16(20)10-6-14)24-18-21-17(22-23-18)11-4-13-2-7-15(19)8-3-13/h2-12H,1H3,(H,21,22,23)/b11-4+. The molecular weight excluding hydrogens is 328 g/mol. The predicted octanol–water partition coefficient (Wildman–Crippen LogP) is 5.11. The molecule has 0 radical (unpaired) electrons. The van der Waals surface area contributed by atoms with Crippen molar-refractivity contribution in [3.63, 3.8) is 0 Å². The average Bonchev–Trinajstić information content (AvgIpc) is 3.02. The van der Waals surface area contributed by atoms with Crippen LogP contribution in [0.3, 0.4) is 0 Å². The van der Waals surface area contributed by atoms with Gasteiger partial charge in [0.2, 0.25) is 5.16 Å². The first-order valence-electron chi connectivity index (χ1n) is 7.38. The second-order valence-corrected chi connectivity index (χ2v) is 6.51. The van der Waals surface area contributed by atoms with Gasteiger partial charge in [-0.05, 0) is 48.4 Å². The van der Waals surface area contributed by atoms with E-state index in [9.17, 15) is 8.78 Å². The third-order valence-corrected chi connectivity index (χ3v) is 4.43. The summed E-state index contributed by atoms with van der Waals surface area (Å²) in [5, 5.41) is 7.74. The lowest BCUT2D eigenvalue weighted by Crippen LogP contribution is -1.89. The molecule has 1 atom stereocenters. The minimum absolute atomic E-state index is 0.107. The summed E-state index contributed by atoms with van der Waals surface area (Å²) in [6.07, 6.45) is 3.62. The zero-order chi connectivity index (χ0) is 16.9. The second kappa shape index (κ2) is 7.40. The fraction of sp³-hybridized carbons (Fsp3) is 0.111. The van der Waals surface area contributed by atoms with E-state index < -0.39 is 0 Å². The molecule has 1 aromatic heterocycles. The van der Waals surface area contributed by atoms with Gasteiger partial charge < -0.3 is 0 Å². The smallest absolute Gasteiger partial charge is 0.209 e. The Bertz CT molecular complexity index is 826. The number of hydrogen-bond donors (Lipinski definition) is 1. The van der Waals surface area contributed by atoms with Gasteiger partial charge in [0, 0.05) is 5.25 Å². The van der Waals surface area contributed by atoms with E-state index in [0.29, 0.717) is 11.0 Å². The van der Waals surface area contributed by atoms with Gasteiger partial charge in [0.15, 0.2) is 0 Å². The molecule has 0 saturated carbocycles. The number of aromatic amines is 1.